The summed E-state index contributed by atoms with van der Waals surface area (Å²) in [6.45, 7) is 1.08. The molecule has 18 heavy (non-hydrogen) atoms. The molecule has 0 saturated carbocycles. The summed E-state index contributed by atoms with van der Waals surface area (Å²) in [7, 11) is -3.89. The largest absolute Gasteiger partial charge is 0.481 e. The Hall–Kier alpha value is -1.80. The third-order valence-corrected chi connectivity index (χ3v) is 3.66. The van der Waals surface area contributed by atoms with E-state index < -0.39 is 22.0 Å². The van der Waals surface area contributed by atoms with Crippen molar-refractivity contribution in [3.05, 3.63) is 30.3 Å². The number of carbonyl (C=O) groups is 1. The minimum absolute atomic E-state index is 0.00907. The van der Waals surface area contributed by atoms with Crippen LogP contribution in [0.4, 0.5) is 0 Å². The van der Waals surface area contributed by atoms with Crippen molar-refractivity contribution in [1.29, 1.82) is 5.41 Å². The maximum Gasteiger partial charge on any atom is 0.300 e. The van der Waals surface area contributed by atoms with Gasteiger partial charge in [0.05, 0.1) is 4.90 Å². The zero-order chi connectivity index (χ0) is 14.3. The molecule has 0 aliphatic rings. The second-order valence-corrected chi connectivity index (χ2v) is 5.26. The number of rotatable bonds is 2. The molecule has 0 heterocycles. The highest BCUT2D eigenvalue weighted by molar-refractivity contribution is 7.90. The maximum atomic E-state index is 11.5. The summed E-state index contributed by atoms with van der Waals surface area (Å²) < 4.78 is 23.3. The highest BCUT2D eigenvalue weighted by Crippen LogP contribution is 2.15. The third-order valence-electron chi connectivity index (χ3n) is 1.44. The fourth-order valence-electron chi connectivity index (χ4n) is 0.814. The van der Waals surface area contributed by atoms with Crippen LogP contribution in [-0.2, 0) is 14.8 Å². The summed E-state index contributed by atoms with van der Waals surface area (Å²) in [4.78, 5) is 8.99. The van der Waals surface area contributed by atoms with E-state index in [1.54, 1.807) is 18.2 Å². The van der Waals surface area contributed by atoms with Crippen molar-refractivity contribution in [2.45, 2.75) is 11.8 Å². The summed E-state index contributed by atoms with van der Waals surface area (Å²) in [5.41, 5.74) is 4.96. The molecule has 0 atom stereocenters. The minimum Gasteiger partial charge on any atom is -0.481 e. The zero-order valence-corrected chi connectivity index (χ0v) is 10.9. The molecular formula is C9H12ClN3O4S. The van der Waals surface area contributed by atoms with Crippen molar-refractivity contribution < 1.29 is 18.3 Å². The predicted octanol–water partition coefficient (Wildman–Crippen LogP) is 0.815. The first kappa shape index (κ1) is 16.2. The third kappa shape index (κ3) is 5.02. The Morgan fingerprint density at radius 3 is 2.11 bits per heavy atom. The number of hydrogen-bond donors (Lipinski definition) is 3. The van der Waals surface area contributed by atoms with Gasteiger partial charge in [-0.05, 0) is 12.1 Å². The van der Waals surface area contributed by atoms with Gasteiger partial charge in [-0.25, -0.2) is 0 Å². The molecule has 0 aliphatic carbocycles. The van der Waals surface area contributed by atoms with Crippen molar-refractivity contribution in [2.75, 3.05) is 0 Å². The Morgan fingerprint density at radius 2 is 1.78 bits per heavy atom. The van der Waals surface area contributed by atoms with Crippen LogP contribution in [0.25, 0.3) is 0 Å². The van der Waals surface area contributed by atoms with Crippen molar-refractivity contribution in [1.82, 2.24) is 3.82 Å². The lowest BCUT2D eigenvalue weighted by atomic mass is 10.4. The fraction of sp³-hybridized carbons (Fsp3) is 0.111. The lowest BCUT2D eigenvalue weighted by Gasteiger charge is -2.12. The first-order chi connectivity index (χ1) is 8.19. The second kappa shape index (κ2) is 6.82. The van der Waals surface area contributed by atoms with E-state index in [2.05, 4.69) is 0 Å². The number of nitrogens with two attached hydrogens (primary N) is 1. The predicted molar refractivity (Wildman–Crippen MR) is 66.5 cm³/mol. The van der Waals surface area contributed by atoms with Crippen LogP contribution in [0.1, 0.15) is 6.92 Å². The van der Waals surface area contributed by atoms with Crippen LogP contribution in [0.15, 0.2) is 35.2 Å². The minimum atomic E-state index is -3.89. The first-order valence-electron chi connectivity index (χ1n) is 4.49. The van der Waals surface area contributed by atoms with Crippen molar-refractivity contribution >= 4 is 33.7 Å². The van der Waals surface area contributed by atoms with Gasteiger partial charge in [0.15, 0.2) is 0 Å². The lowest BCUT2D eigenvalue weighted by molar-refractivity contribution is -0.134. The molecule has 0 aliphatic heterocycles. The fourth-order valence-corrected chi connectivity index (χ4v) is 2.00. The van der Waals surface area contributed by atoms with Gasteiger partial charge in [0.2, 0.25) is 5.96 Å². The number of benzene rings is 1. The Morgan fingerprint density at radius 1 is 1.39 bits per heavy atom. The summed E-state index contributed by atoms with van der Waals surface area (Å²) in [5.74, 6) is -1.57. The van der Waals surface area contributed by atoms with Crippen LogP contribution in [0.5, 0.6) is 0 Å². The van der Waals surface area contributed by atoms with E-state index in [0.29, 0.717) is 0 Å². The highest BCUT2D eigenvalue weighted by atomic mass is 35.5. The number of sulfonamides is 1. The second-order valence-electron chi connectivity index (χ2n) is 2.94. The average Bonchev–Trinajstić information content (AvgIpc) is 2.28. The molecule has 0 bridgehead atoms. The Bertz CT molecular complexity index is 514. The van der Waals surface area contributed by atoms with E-state index in [9.17, 15) is 8.42 Å². The van der Waals surface area contributed by atoms with Gasteiger partial charge >= 0.3 is 0 Å². The van der Waals surface area contributed by atoms with Crippen molar-refractivity contribution in [2.24, 2.45) is 5.73 Å². The SMILES string of the molecule is CC(=O)O.N=C(N)N(Cl)S(=O)(=O)c1ccccc1. The highest BCUT2D eigenvalue weighted by Gasteiger charge is 2.23. The number of carboxylic acids is 1. The van der Waals surface area contributed by atoms with E-state index in [4.69, 9.17) is 32.8 Å². The zero-order valence-electron chi connectivity index (χ0n) is 9.37. The van der Waals surface area contributed by atoms with Gasteiger partial charge in [-0.3, -0.25) is 10.2 Å². The van der Waals surface area contributed by atoms with E-state index in [1.165, 1.54) is 12.1 Å². The van der Waals surface area contributed by atoms with Crippen LogP contribution >= 0.6 is 11.8 Å². The standard InChI is InChI=1S/C7H8ClN3O2S.C2H4O2/c8-11(7(9)10)14(12,13)6-4-2-1-3-5-6;1-2(3)4/h1-5H,(H3,9,10);1H3,(H,3,4). The Labute approximate surface area is 109 Å². The quantitative estimate of drug-likeness (QED) is 0.423. The van der Waals surface area contributed by atoms with Gasteiger partial charge in [-0.1, -0.05) is 18.2 Å². The van der Waals surface area contributed by atoms with E-state index in [1.807, 2.05) is 0 Å². The molecule has 100 valence electrons. The number of guanidine groups is 1. The van der Waals surface area contributed by atoms with Gasteiger partial charge < -0.3 is 10.8 Å². The summed E-state index contributed by atoms with van der Waals surface area (Å²) >= 11 is 5.34. The topological polar surface area (TPSA) is 125 Å². The molecule has 0 spiro atoms. The summed E-state index contributed by atoms with van der Waals surface area (Å²) in [6.07, 6.45) is 0. The normalized spacial score (nSPS) is 9.89. The number of nitrogens with one attached hydrogen (secondary N) is 1. The number of halogens is 1. The van der Waals surface area contributed by atoms with E-state index in [0.717, 1.165) is 6.92 Å². The molecule has 1 rings (SSSR count). The molecule has 4 N–H and O–H groups in total. The van der Waals surface area contributed by atoms with Crippen molar-refractivity contribution in [3.63, 3.8) is 0 Å². The molecule has 0 fully saturated rings. The molecule has 1 aromatic rings. The van der Waals surface area contributed by atoms with Crippen LogP contribution in [0.3, 0.4) is 0 Å². The average molecular weight is 294 g/mol. The van der Waals surface area contributed by atoms with Gasteiger partial charge in [0.25, 0.3) is 16.0 Å². The molecular weight excluding hydrogens is 282 g/mol. The molecule has 0 aromatic heterocycles. The monoisotopic (exact) mass is 293 g/mol. The number of hydrogen-bond acceptors (Lipinski definition) is 4. The number of nitrogens with zero attached hydrogens (tertiary/aromatic N) is 1. The van der Waals surface area contributed by atoms with E-state index >= 15 is 0 Å². The molecule has 7 nitrogen and oxygen atoms in total. The molecule has 0 amide bonds. The van der Waals surface area contributed by atoms with Gasteiger partial charge in [-0.15, -0.1) is 3.82 Å². The maximum absolute atomic E-state index is 11.5. The van der Waals surface area contributed by atoms with Crippen LogP contribution < -0.4 is 5.73 Å². The molecule has 0 radical (unpaired) electrons. The Kier molecular flexibility index (Phi) is 6.14. The van der Waals surface area contributed by atoms with E-state index in [-0.39, 0.29) is 8.72 Å². The lowest BCUT2D eigenvalue weighted by Crippen LogP contribution is -2.33. The molecule has 9 heteroatoms. The van der Waals surface area contributed by atoms with Crippen LogP contribution in [0, 0.1) is 5.41 Å². The van der Waals surface area contributed by atoms with Crippen LogP contribution in [0.2, 0.25) is 0 Å². The van der Waals surface area contributed by atoms with Crippen molar-refractivity contribution in [3.8, 4) is 0 Å². The first-order valence-corrected chi connectivity index (χ1v) is 6.27. The molecule has 0 saturated heterocycles. The number of aliphatic carboxylic acids is 1. The summed E-state index contributed by atoms with van der Waals surface area (Å²) in [5, 5.41) is 14.3. The number of carboxylic acid groups (broad SMARTS) is 1. The molecule has 0 unspecified atom stereocenters. The molecule has 1 aromatic carbocycles. The smallest absolute Gasteiger partial charge is 0.300 e. The van der Waals surface area contributed by atoms with Gasteiger partial charge in [-0.2, -0.15) is 8.42 Å². The van der Waals surface area contributed by atoms with Gasteiger partial charge in [0.1, 0.15) is 0 Å². The summed E-state index contributed by atoms with van der Waals surface area (Å²) in [6, 6.07) is 7.52. The van der Waals surface area contributed by atoms with Crippen LogP contribution in [-0.4, -0.2) is 29.3 Å². The van der Waals surface area contributed by atoms with Gasteiger partial charge in [0, 0.05) is 18.7 Å². The Balaban J connectivity index is 0.000000631.